The first-order valence-corrected chi connectivity index (χ1v) is 15.2. The highest BCUT2D eigenvalue weighted by atomic mass is 16.6. The third-order valence-corrected chi connectivity index (χ3v) is 8.26. The highest BCUT2D eigenvalue weighted by Gasteiger charge is 2.38. The molecule has 0 spiro atoms. The van der Waals surface area contributed by atoms with Gasteiger partial charge in [0.05, 0.1) is 18.7 Å². The fraction of sp³-hybridized carbons (Fsp3) is 0.500. The number of piperidine rings is 2. The van der Waals surface area contributed by atoms with Crippen molar-refractivity contribution in [2.45, 2.75) is 63.7 Å². The van der Waals surface area contributed by atoms with E-state index in [0.29, 0.717) is 32.1 Å². The second-order valence-electron chi connectivity index (χ2n) is 12.5. The van der Waals surface area contributed by atoms with Gasteiger partial charge >= 0.3 is 12.1 Å². The minimum atomic E-state index is -0.545. The van der Waals surface area contributed by atoms with Crippen LogP contribution in [0.1, 0.15) is 62.6 Å². The monoisotopic (exact) mass is 586 g/mol. The van der Waals surface area contributed by atoms with Crippen LogP contribution in [-0.4, -0.2) is 84.9 Å². The van der Waals surface area contributed by atoms with E-state index in [2.05, 4.69) is 58.9 Å². The molecule has 2 aromatic carbocycles. The van der Waals surface area contributed by atoms with E-state index in [1.165, 1.54) is 11.1 Å². The summed E-state index contributed by atoms with van der Waals surface area (Å²) in [6, 6.07) is 18.8. The molecule has 228 valence electrons. The number of amides is 4. The van der Waals surface area contributed by atoms with Crippen LogP contribution in [0.5, 0.6) is 0 Å². The molecule has 3 aliphatic heterocycles. The van der Waals surface area contributed by atoms with Gasteiger partial charge in [-0.15, -0.1) is 0 Å². The van der Waals surface area contributed by atoms with E-state index in [0.717, 1.165) is 24.8 Å². The normalized spacial score (nSPS) is 21.5. The average Bonchev–Trinajstić information content (AvgIpc) is 2.99. The van der Waals surface area contributed by atoms with Crippen molar-refractivity contribution in [3.05, 3.63) is 71.3 Å². The summed E-state index contributed by atoms with van der Waals surface area (Å²) in [5.74, 6) is 6.59. The Bertz CT molecular complexity index is 1340. The topological polar surface area (TPSA) is 100 Å². The number of benzene rings is 2. The zero-order chi connectivity index (χ0) is 30.4. The molecule has 9 heteroatoms. The van der Waals surface area contributed by atoms with Crippen LogP contribution in [0.4, 0.5) is 9.59 Å². The zero-order valence-electron chi connectivity index (χ0n) is 25.3. The Labute approximate surface area is 254 Å². The molecule has 2 aromatic rings. The standard InChI is InChI=1S/C34H42N4O5/c1-34(2,3)43-32(40)35-18-7-8-24-11-13-26(14-12-24)31(25-9-5-4-6-10-25)27-15-19-37(20-16-27)33(41)38-21-17-29-28(22-38)36-30(39)23-42-29/h4-6,9-14,27-29,31H,15-23H2,1-3H3,(H,35,40)(H,36,39)/t28-,29+,31?/m1/s1. The van der Waals surface area contributed by atoms with Crippen molar-refractivity contribution >= 4 is 18.0 Å². The van der Waals surface area contributed by atoms with E-state index in [9.17, 15) is 14.4 Å². The molecule has 0 aromatic heterocycles. The molecular formula is C34H42N4O5. The number of nitrogens with zero attached hydrogens (tertiary/aromatic N) is 2. The maximum atomic E-state index is 13.4. The summed E-state index contributed by atoms with van der Waals surface area (Å²) in [5, 5.41) is 5.65. The van der Waals surface area contributed by atoms with Crippen LogP contribution in [0.25, 0.3) is 0 Å². The number of morpholine rings is 1. The van der Waals surface area contributed by atoms with Crippen LogP contribution in [0.2, 0.25) is 0 Å². The third kappa shape index (κ3) is 8.08. The van der Waals surface area contributed by atoms with Gasteiger partial charge in [0, 0.05) is 37.7 Å². The SMILES string of the molecule is CC(C)(C)OC(=O)NCC#Cc1ccc(C(c2ccccc2)C2CCN(C(=O)N3CC[C@@H]4OCC(=O)N[C@@H]4C3)CC2)cc1. The molecule has 3 fully saturated rings. The number of carbonyl (C=O) groups is 3. The van der Waals surface area contributed by atoms with E-state index in [1.807, 2.05) is 48.8 Å². The molecule has 2 N–H and O–H groups in total. The van der Waals surface area contributed by atoms with Crippen molar-refractivity contribution in [2.75, 3.05) is 39.3 Å². The van der Waals surface area contributed by atoms with E-state index in [1.54, 1.807) is 0 Å². The summed E-state index contributed by atoms with van der Waals surface area (Å²) in [6.45, 7) is 8.34. The Morgan fingerprint density at radius 2 is 1.67 bits per heavy atom. The van der Waals surface area contributed by atoms with E-state index < -0.39 is 11.7 Å². The molecule has 1 unspecified atom stereocenters. The fourth-order valence-corrected chi connectivity index (χ4v) is 6.25. The van der Waals surface area contributed by atoms with E-state index >= 15 is 0 Å². The lowest BCUT2D eigenvalue weighted by Crippen LogP contribution is -2.62. The van der Waals surface area contributed by atoms with Gasteiger partial charge in [-0.1, -0.05) is 54.3 Å². The Kier molecular flexibility index (Phi) is 9.56. The zero-order valence-corrected chi connectivity index (χ0v) is 25.3. The first-order valence-electron chi connectivity index (χ1n) is 15.2. The van der Waals surface area contributed by atoms with Crippen LogP contribution < -0.4 is 10.6 Å². The predicted molar refractivity (Wildman–Crippen MR) is 163 cm³/mol. The Balaban J connectivity index is 1.20. The molecule has 9 nitrogen and oxygen atoms in total. The lowest BCUT2D eigenvalue weighted by Gasteiger charge is -2.44. The van der Waals surface area contributed by atoms with Gasteiger partial charge < -0.3 is 29.9 Å². The number of hydrogen-bond donors (Lipinski definition) is 2. The number of alkyl carbamates (subject to hydrolysis) is 1. The van der Waals surface area contributed by atoms with Crippen molar-refractivity contribution in [1.82, 2.24) is 20.4 Å². The molecule has 0 bridgehead atoms. The van der Waals surface area contributed by atoms with Gasteiger partial charge in [-0.2, -0.15) is 0 Å². The number of rotatable bonds is 4. The Morgan fingerprint density at radius 1 is 1.00 bits per heavy atom. The van der Waals surface area contributed by atoms with Gasteiger partial charge in [0.2, 0.25) is 5.91 Å². The molecule has 0 aliphatic carbocycles. The minimum Gasteiger partial charge on any atom is -0.444 e. The van der Waals surface area contributed by atoms with Crippen LogP contribution >= 0.6 is 0 Å². The summed E-state index contributed by atoms with van der Waals surface area (Å²) >= 11 is 0. The molecule has 3 atom stereocenters. The van der Waals surface area contributed by atoms with Gasteiger partial charge in [0.15, 0.2) is 0 Å². The van der Waals surface area contributed by atoms with Gasteiger partial charge in [-0.25, -0.2) is 9.59 Å². The van der Waals surface area contributed by atoms with Crippen molar-refractivity contribution in [3.63, 3.8) is 0 Å². The number of ether oxygens (including phenoxy) is 2. The molecule has 3 saturated heterocycles. The molecule has 5 rings (SSSR count). The van der Waals surface area contributed by atoms with Crippen LogP contribution in [0.15, 0.2) is 54.6 Å². The van der Waals surface area contributed by atoms with Crippen LogP contribution in [0.3, 0.4) is 0 Å². The largest absolute Gasteiger partial charge is 0.444 e. The van der Waals surface area contributed by atoms with Crippen molar-refractivity contribution in [1.29, 1.82) is 0 Å². The van der Waals surface area contributed by atoms with E-state index in [-0.39, 0.29) is 43.2 Å². The Hall–Kier alpha value is -4.03. The van der Waals surface area contributed by atoms with Gasteiger partial charge in [0.25, 0.3) is 0 Å². The van der Waals surface area contributed by atoms with Crippen molar-refractivity contribution < 1.29 is 23.9 Å². The Morgan fingerprint density at radius 3 is 2.37 bits per heavy atom. The number of carbonyl (C=O) groups excluding carboxylic acids is 3. The van der Waals surface area contributed by atoms with Crippen LogP contribution in [-0.2, 0) is 14.3 Å². The van der Waals surface area contributed by atoms with Crippen molar-refractivity contribution in [2.24, 2.45) is 5.92 Å². The predicted octanol–water partition coefficient (Wildman–Crippen LogP) is 4.12. The summed E-state index contributed by atoms with van der Waals surface area (Å²) < 4.78 is 10.9. The number of hydrogen-bond acceptors (Lipinski definition) is 5. The van der Waals surface area contributed by atoms with Gasteiger partial charge in [-0.05, 0) is 69.2 Å². The molecule has 43 heavy (non-hydrogen) atoms. The average molecular weight is 587 g/mol. The maximum Gasteiger partial charge on any atom is 0.408 e. The smallest absolute Gasteiger partial charge is 0.408 e. The van der Waals surface area contributed by atoms with Gasteiger partial charge in [0.1, 0.15) is 12.2 Å². The number of nitrogens with one attached hydrogen (secondary N) is 2. The summed E-state index contributed by atoms with van der Waals surface area (Å²) in [6.07, 6.45) is 2.06. The second-order valence-corrected chi connectivity index (χ2v) is 12.5. The first kappa shape index (κ1) is 30.4. The van der Waals surface area contributed by atoms with E-state index in [4.69, 9.17) is 9.47 Å². The maximum absolute atomic E-state index is 13.4. The quantitative estimate of drug-likeness (QED) is 0.526. The third-order valence-electron chi connectivity index (χ3n) is 8.26. The molecule has 0 radical (unpaired) electrons. The molecule has 3 aliphatic rings. The number of urea groups is 1. The molecule has 3 heterocycles. The summed E-state index contributed by atoms with van der Waals surface area (Å²) in [4.78, 5) is 40.9. The highest BCUT2D eigenvalue weighted by molar-refractivity contribution is 5.79. The summed E-state index contributed by atoms with van der Waals surface area (Å²) in [7, 11) is 0. The number of fused-ring (bicyclic) bond motifs is 1. The van der Waals surface area contributed by atoms with Crippen molar-refractivity contribution in [3.8, 4) is 11.8 Å². The second kappa shape index (κ2) is 13.5. The lowest BCUT2D eigenvalue weighted by molar-refractivity contribution is -0.139. The molecule has 4 amide bonds. The molecular weight excluding hydrogens is 544 g/mol. The lowest BCUT2D eigenvalue weighted by atomic mass is 9.76. The molecule has 0 saturated carbocycles. The van der Waals surface area contributed by atoms with Crippen LogP contribution in [0, 0.1) is 17.8 Å². The summed E-state index contributed by atoms with van der Waals surface area (Å²) in [5.41, 5.74) is 2.83. The minimum absolute atomic E-state index is 0.00890. The first-order chi connectivity index (χ1) is 20.7. The number of likely N-dealkylation sites (tertiary alicyclic amines) is 2. The van der Waals surface area contributed by atoms with Gasteiger partial charge in [-0.3, -0.25) is 4.79 Å². The fourth-order valence-electron chi connectivity index (χ4n) is 6.25. The highest BCUT2D eigenvalue weighted by Crippen LogP contribution is 2.38.